The van der Waals surface area contributed by atoms with Gasteiger partial charge in [-0.15, -0.1) is 0 Å². The second-order valence-electron chi connectivity index (χ2n) is 3.68. The number of nitrogens with one attached hydrogen (secondary N) is 1. The van der Waals surface area contributed by atoms with Gasteiger partial charge in [-0.05, 0) is 18.6 Å². The molecule has 1 heterocycles. The molecule has 4 nitrogen and oxygen atoms in total. The van der Waals surface area contributed by atoms with E-state index in [0.717, 1.165) is 5.69 Å². The van der Waals surface area contributed by atoms with Crippen LogP contribution >= 0.6 is 0 Å². The van der Waals surface area contributed by atoms with E-state index in [-0.39, 0.29) is 11.8 Å². The third-order valence-electron chi connectivity index (χ3n) is 2.93. The fourth-order valence-corrected chi connectivity index (χ4v) is 1.95. The summed E-state index contributed by atoms with van der Waals surface area (Å²) in [6.07, 6.45) is 2.44. The van der Waals surface area contributed by atoms with Gasteiger partial charge in [0.05, 0.1) is 0 Å². The molecule has 0 aromatic carbocycles. The maximum atomic E-state index is 11.6. The van der Waals surface area contributed by atoms with Gasteiger partial charge in [0.1, 0.15) is 0 Å². The number of hydrogen-bond donors (Lipinski definition) is 1. The van der Waals surface area contributed by atoms with Crippen molar-refractivity contribution in [2.75, 3.05) is 14.2 Å². The number of hydrogen-bond acceptors (Lipinski definition) is 3. The molecule has 1 aromatic heterocycles. The summed E-state index contributed by atoms with van der Waals surface area (Å²) in [5.41, 5.74) is 0.228. The molecule has 1 aliphatic rings. The molecule has 2 rings (SSSR count). The second-order valence-corrected chi connectivity index (χ2v) is 3.68. The van der Waals surface area contributed by atoms with Crippen molar-refractivity contribution in [2.45, 2.75) is 17.9 Å². The van der Waals surface area contributed by atoms with Gasteiger partial charge in [0.25, 0.3) is 5.91 Å². The van der Waals surface area contributed by atoms with Crippen LogP contribution in [0.4, 0.5) is 0 Å². The average molecular weight is 206 g/mol. The molecule has 1 aliphatic carbocycles. The molecular formula is C11H14N2O2. The summed E-state index contributed by atoms with van der Waals surface area (Å²) in [7, 11) is 3.19. The number of carbonyl (C=O) groups is 1. The largest absolute Gasteiger partial charge is 0.368 e. The number of rotatable bonds is 3. The van der Waals surface area contributed by atoms with Crippen molar-refractivity contribution < 1.29 is 9.53 Å². The molecule has 2 atom stereocenters. The standard InChI is InChI=1S/C11H14N2O2/c1-12-10(14)11(15-2)7-8(11)9-5-3-4-6-13-9/h3-6,8H,7H2,1-2H3,(H,12,14). The number of aromatic nitrogens is 1. The Hall–Kier alpha value is -1.42. The monoisotopic (exact) mass is 206 g/mol. The molecule has 1 amide bonds. The van der Waals surface area contributed by atoms with Crippen LogP contribution in [0, 0.1) is 0 Å². The van der Waals surface area contributed by atoms with E-state index in [9.17, 15) is 4.79 Å². The van der Waals surface area contributed by atoms with E-state index in [4.69, 9.17) is 4.74 Å². The molecule has 1 aromatic rings. The summed E-state index contributed by atoms with van der Waals surface area (Å²) in [5.74, 6) is 0.0179. The zero-order valence-corrected chi connectivity index (χ0v) is 8.86. The summed E-state index contributed by atoms with van der Waals surface area (Å²) < 4.78 is 5.32. The highest BCUT2D eigenvalue weighted by molar-refractivity contribution is 5.90. The van der Waals surface area contributed by atoms with Crippen molar-refractivity contribution in [1.82, 2.24) is 10.3 Å². The Labute approximate surface area is 88.7 Å². The molecule has 2 unspecified atom stereocenters. The van der Waals surface area contributed by atoms with Crippen LogP contribution < -0.4 is 5.32 Å². The first-order valence-electron chi connectivity index (χ1n) is 4.93. The molecule has 1 saturated carbocycles. The normalized spacial score (nSPS) is 28.5. The predicted octanol–water partition coefficient (Wildman–Crippen LogP) is 0.700. The molecule has 1 N–H and O–H groups in total. The lowest BCUT2D eigenvalue weighted by Crippen LogP contribution is -2.36. The zero-order chi connectivity index (χ0) is 10.9. The lowest BCUT2D eigenvalue weighted by atomic mass is 10.1. The van der Waals surface area contributed by atoms with Crippen molar-refractivity contribution in [1.29, 1.82) is 0 Å². The molecule has 0 aliphatic heterocycles. The molecule has 15 heavy (non-hydrogen) atoms. The first kappa shape index (κ1) is 10.1. The molecule has 80 valence electrons. The lowest BCUT2D eigenvalue weighted by molar-refractivity contribution is -0.133. The number of ether oxygens (including phenoxy) is 1. The molecule has 0 saturated heterocycles. The minimum atomic E-state index is -0.691. The van der Waals surface area contributed by atoms with Crippen LogP contribution in [0.15, 0.2) is 24.4 Å². The van der Waals surface area contributed by atoms with Gasteiger partial charge in [0.2, 0.25) is 0 Å². The van der Waals surface area contributed by atoms with Gasteiger partial charge in [0.15, 0.2) is 5.60 Å². The Morgan fingerprint density at radius 3 is 3.00 bits per heavy atom. The number of pyridine rings is 1. The van der Waals surface area contributed by atoms with E-state index in [1.54, 1.807) is 20.4 Å². The summed E-state index contributed by atoms with van der Waals surface area (Å²) in [4.78, 5) is 15.9. The smallest absolute Gasteiger partial charge is 0.252 e. The highest BCUT2D eigenvalue weighted by atomic mass is 16.5. The summed E-state index contributed by atoms with van der Waals surface area (Å²) in [6, 6.07) is 5.71. The van der Waals surface area contributed by atoms with E-state index in [2.05, 4.69) is 10.3 Å². The highest BCUT2D eigenvalue weighted by Gasteiger charge is 2.62. The maximum Gasteiger partial charge on any atom is 0.252 e. The van der Waals surface area contributed by atoms with Crippen molar-refractivity contribution >= 4 is 5.91 Å². The molecule has 0 radical (unpaired) electrons. The Morgan fingerprint density at radius 2 is 2.47 bits per heavy atom. The third-order valence-corrected chi connectivity index (χ3v) is 2.93. The van der Waals surface area contributed by atoms with E-state index in [0.29, 0.717) is 6.42 Å². The van der Waals surface area contributed by atoms with Gasteiger partial charge in [-0.1, -0.05) is 6.07 Å². The van der Waals surface area contributed by atoms with Crippen LogP contribution in [-0.4, -0.2) is 30.6 Å². The van der Waals surface area contributed by atoms with Crippen molar-refractivity contribution in [3.63, 3.8) is 0 Å². The van der Waals surface area contributed by atoms with Crippen molar-refractivity contribution in [2.24, 2.45) is 0 Å². The van der Waals surface area contributed by atoms with Crippen LogP contribution in [-0.2, 0) is 9.53 Å². The third kappa shape index (κ3) is 1.51. The zero-order valence-electron chi connectivity index (χ0n) is 8.86. The molecule has 0 bridgehead atoms. The lowest BCUT2D eigenvalue weighted by Gasteiger charge is -2.13. The first-order valence-corrected chi connectivity index (χ1v) is 4.93. The quantitative estimate of drug-likeness (QED) is 0.792. The molecule has 1 fully saturated rings. The van der Waals surface area contributed by atoms with Gasteiger partial charge >= 0.3 is 0 Å². The Morgan fingerprint density at radius 1 is 1.67 bits per heavy atom. The Balaban J connectivity index is 2.20. The molecular weight excluding hydrogens is 192 g/mol. The number of methoxy groups -OCH3 is 1. The second kappa shape index (κ2) is 3.62. The van der Waals surface area contributed by atoms with Crippen molar-refractivity contribution in [3.8, 4) is 0 Å². The summed E-state index contributed by atoms with van der Waals surface area (Å²) in [6.45, 7) is 0. The SMILES string of the molecule is CNC(=O)C1(OC)CC1c1ccccn1. The van der Waals surface area contributed by atoms with Gasteiger partial charge in [-0.3, -0.25) is 9.78 Å². The number of nitrogens with zero attached hydrogens (tertiary/aromatic N) is 1. The van der Waals surface area contributed by atoms with Gasteiger partial charge in [0, 0.05) is 32.0 Å². The molecule has 0 spiro atoms. The van der Waals surface area contributed by atoms with Crippen LogP contribution in [0.5, 0.6) is 0 Å². The Bertz CT molecular complexity index is 366. The van der Waals surface area contributed by atoms with Crippen molar-refractivity contribution in [3.05, 3.63) is 30.1 Å². The van der Waals surface area contributed by atoms with E-state index >= 15 is 0 Å². The molecule has 4 heteroatoms. The van der Waals surface area contributed by atoms with E-state index < -0.39 is 5.60 Å². The summed E-state index contributed by atoms with van der Waals surface area (Å²) in [5, 5.41) is 2.63. The summed E-state index contributed by atoms with van der Waals surface area (Å²) >= 11 is 0. The van der Waals surface area contributed by atoms with Gasteiger partial charge in [-0.2, -0.15) is 0 Å². The van der Waals surface area contributed by atoms with Gasteiger partial charge < -0.3 is 10.1 Å². The fraction of sp³-hybridized carbons (Fsp3) is 0.455. The minimum absolute atomic E-state index is 0.0688. The number of carbonyl (C=O) groups excluding carboxylic acids is 1. The maximum absolute atomic E-state index is 11.6. The number of likely N-dealkylation sites (N-methyl/N-ethyl adjacent to an activating group) is 1. The van der Waals surface area contributed by atoms with Crippen LogP contribution in [0.1, 0.15) is 18.0 Å². The number of amides is 1. The van der Waals surface area contributed by atoms with Crippen LogP contribution in [0.2, 0.25) is 0 Å². The Kier molecular flexibility index (Phi) is 2.44. The van der Waals surface area contributed by atoms with E-state index in [1.165, 1.54) is 0 Å². The average Bonchev–Trinajstić information content (AvgIpc) is 3.05. The minimum Gasteiger partial charge on any atom is -0.368 e. The fourth-order valence-electron chi connectivity index (χ4n) is 1.95. The predicted molar refractivity (Wildman–Crippen MR) is 55.4 cm³/mol. The van der Waals surface area contributed by atoms with Crippen LogP contribution in [0.3, 0.4) is 0 Å². The first-order chi connectivity index (χ1) is 7.24. The van der Waals surface area contributed by atoms with E-state index in [1.807, 2.05) is 18.2 Å². The highest BCUT2D eigenvalue weighted by Crippen LogP contribution is 2.53. The van der Waals surface area contributed by atoms with Gasteiger partial charge in [-0.25, -0.2) is 0 Å². The van der Waals surface area contributed by atoms with Crippen LogP contribution in [0.25, 0.3) is 0 Å². The topological polar surface area (TPSA) is 51.2 Å².